The lowest BCUT2D eigenvalue weighted by molar-refractivity contribution is 0.195. The van der Waals surface area contributed by atoms with Gasteiger partial charge in [-0.05, 0) is 96.1 Å². The molecule has 0 bridgehead atoms. The molecule has 5 aromatic carbocycles. The fourth-order valence-electron chi connectivity index (χ4n) is 10.5. The third kappa shape index (κ3) is 3.43. The first-order valence-corrected chi connectivity index (χ1v) is 19.3. The predicted octanol–water partition coefficient (Wildman–Crippen LogP) is 10.8. The minimum absolute atomic E-state index is 0.0157. The SMILES string of the molecule is Cc1cc2c3c(c1)N1c4c(cccc4C4(C)CCCCC14C)B3c1sc3ccc(C(C)(C)C)cc3c1N2c1cccc2c1oc1ccccc12. The van der Waals surface area contributed by atoms with E-state index in [1.54, 1.807) is 5.56 Å². The Bertz CT molecular complexity index is 2620. The molecule has 0 N–H and O–H groups in total. The van der Waals surface area contributed by atoms with Gasteiger partial charge in [-0.1, -0.05) is 95.1 Å². The monoisotopic (exact) mass is 668 g/mol. The number of hydrogen-bond donors (Lipinski definition) is 0. The van der Waals surface area contributed by atoms with E-state index in [1.165, 1.54) is 96.1 Å². The van der Waals surface area contributed by atoms with Gasteiger partial charge in [0.25, 0.3) is 6.71 Å². The molecule has 5 heterocycles. The standard InChI is InChI=1S/C45H41BN2OS/c1-26-23-34-38-35(24-26)48-40-31(44(5)21-9-10-22-45(44,48)6)15-12-16-32(40)46(38)42-39(30-25-27(43(2,3)4)19-20-37(30)50-42)47(34)33-17-11-14-29-28-13-7-8-18-36(28)49-41(29)33/h7-8,11-20,23-25H,9-10,21-22H2,1-6H3. The quantitative estimate of drug-likeness (QED) is 0.162. The number of furan rings is 1. The van der Waals surface area contributed by atoms with Crippen molar-refractivity contribution in [1.29, 1.82) is 0 Å². The van der Waals surface area contributed by atoms with Crippen LogP contribution in [0.3, 0.4) is 0 Å². The second-order valence-electron chi connectivity index (χ2n) is 16.9. The van der Waals surface area contributed by atoms with Crippen molar-refractivity contribution < 1.29 is 4.42 Å². The fraction of sp³-hybridized carbons (Fsp3) is 0.289. The number of nitrogens with zero attached hydrogens (tertiary/aromatic N) is 2. The molecule has 0 saturated heterocycles. The second kappa shape index (κ2) is 9.44. The van der Waals surface area contributed by atoms with Gasteiger partial charge < -0.3 is 14.2 Å². The average molecular weight is 669 g/mol. The van der Waals surface area contributed by atoms with Crippen LogP contribution in [0, 0.1) is 6.92 Å². The zero-order valence-corrected chi connectivity index (χ0v) is 30.6. The van der Waals surface area contributed by atoms with Gasteiger partial charge in [0.2, 0.25) is 0 Å². The topological polar surface area (TPSA) is 19.6 Å². The molecule has 2 unspecified atom stereocenters. The van der Waals surface area contributed by atoms with E-state index in [0.717, 1.165) is 16.9 Å². The van der Waals surface area contributed by atoms with Crippen LogP contribution in [0.2, 0.25) is 0 Å². The maximum Gasteiger partial charge on any atom is 0.264 e. The van der Waals surface area contributed by atoms with Crippen molar-refractivity contribution in [3.8, 4) is 0 Å². The molecule has 7 aromatic rings. The molecule has 0 spiro atoms. The second-order valence-corrected chi connectivity index (χ2v) is 18.0. The van der Waals surface area contributed by atoms with Gasteiger partial charge in [0.1, 0.15) is 5.58 Å². The van der Waals surface area contributed by atoms with Gasteiger partial charge in [-0.25, -0.2) is 0 Å². The Kier molecular flexibility index (Phi) is 5.53. The van der Waals surface area contributed by atoms with Crippen molar-refractivity contribution in [2.75, 3.05) is 9.80 Å². The first kappa shape index (κ1) is 29.3. The van der Waals surface area contributed by atoms with Crippen molar-refractivity contribution in [2.24, 2.45) is 0 Å². The van der Waals surface area contributed by atoms with Crippen LogP contribution >= 0.6 is 11.3 Å². The van der Waals surface area contributed by atoms with Crippen LogP contribution in [0.5, 0.6) is 0 Å². The van der Waals surface area contributed by atoms with Crippen LogP contribution in [0.1, 0.15) is 77.0 Å². The lowest BCUT2D eigenvalue weighted by Gasteiger charge is -2.52. The van der Waals surface area contributed by atoms with Crippen molar-refractivity contribution in [2.45, 2.75) is 83.6 Å². The summed E-state index contributed by atoms with van der Waals surface area (Å²) in [5.74, 6) is 0. The predicted molar refractivity (Wildman–Crippen MR) is 215 cm³/mol. The minimum atomic E-state index is 0.0157. The van der Waals surface area contributed by atoms with E-state index in [4.69, 9.17) is 4.42 Å². The van der Waals surface area contributed by atoms with E-state index in [9.17, 15) is 0 Å². The summed E-state index contributed by atoms with van der Waals surface area (Å²) < 4.78 is 9.60. The van der Waals surface area contributed by atoms with E-state index in [-0.39, 0.29) is 23.1 Å². The molecule has 3 nitrogen and oxygen atoms in total. The summed E-state index contributed by atoms with van der Waals surface area (Å²) in [6.07, 6.45) is 5.01. The number of para-hydroxylation sites is 3. The molecule has 1 aliphatic carbocycles. The Morgan fingerprint density at radius 2 is 1.54 bits per heavy atom. The summed E-state index contributed by atoms with van der Waals surface area (Å²) in [5, 5.41) is 3.67. The number of thiophene rings is 1. The number of fused-ring (bicyclic) bond motifs is 12. The van der Waals surface area contributed by atoms with E-state index < -0.39 is 0 Å². The van der Waals surface area contributed by atoms with Crippen molar-refractivity contribution in [3.63, 3.8) is 0 Å². The Balaban J connectivity index is 1.30. The van der Waals surface area contributed by atoms with Crippen LogP contribution in [-0.4, -0.2) is 12.3 Å². The Morgan fingerprint density at radius 3 is 2.40 bits per heavy atom. The molecule has 0 radical (unpaired) electrons. The molecule has 2 aromatic heterocycles. The first-order valence-electron chi connectivity index (χ1n) is 18.4. The molecule has 246 valence electrons. The Labute approximate surface area is 298 Å². The number of rotatable bonds is 1. The number of benzene rings is 5. The maximum atomic E-state index is 6.82. The molecule has 0 amide bonds. The molecule has 11 rings (SSSR count). The van der Waals surface area contributed by atoms with Crippen molar-refractivity contribution >= 4 is 94.2 Å². The zero-order valence-electron chi connectivity index (χ0n) is 29.8. The summed E-state index contributed by atoms with van der Waals surface area (Å²) in [6.45, 7) is 14.6. The molecule has 1 fully saturated rings. The molecule has 1 saturated carbocycles. The maximum absolute atomic E-state index is 6.82. The van der Waals surface area contributed by atoms with Crippen molar-refractivity contribution in [3.05, 3.63) is 108 Å². The Hall–Kier alpha value is -4.48. The minimum Gasteiger partial charge on any atom is -0.454 e. The third-order valence-electron chi connectivity index (χ3n) is 13.2. The first-order chi connectivity index (χ1) is 24.1. The van der Waals surface area contributed by atoms with Gasteiger partial charge in [-0.3, -0.25) is 0 Å². The lowest BCUT2D eigenvalue weighted by atomic mass is 9.36. The largest absolute Gasteiger partial charge is 0.454 e. The van der Waals surface area contributed by atoms with E-state index in [2.05, 4.69) is 142 Å². The van der Waals surface area contributed by atoms with Crippen molar-refractivity contribution in [1.82, 2.24) is 0 Å². The number of hydrogen-bond acceptors (Lipinski definition) is 4. The van der Waals surface area contributed by atoms with Crippen LogP contribution < -0.4 is 25.5 Å². The Morgan fingerprint density at radius 1 is 0.760 bits per heavy atom. The van der Waals surface area contributed by atoms with Gasteiger partial charge in [-0.15, -0.1) is 11.3 Å². The number of aryl methyl sites for hydroxylation is 1. The fourth-order valence-corrected chi connectivity index (χ4v) is 11.8. The molecular formula is C45H41BN2OS. The van der Waals surface area contributed by atoms with E-state index >= 15 is 0 Å². The number of anilines is 5. The highest BCUT2D eigenvalue weighted by molar-refractivity contribution is 7.33. The zero-order chi connectivity index (χ0) is 33.9. The van der Waals surface area contributed by atoms with Gasteiger partial charge in [0.05, 0.1) is 16.9 Å². The summed E-state index contributed by atoms with van der Waals surface area (Å²) in [5.41, 5.74) is 15.8. The summed E-state index contributed by atoms with van der Waals surface area (Å²) >= 11 is 1.99. The molecule has 2 atom stereocenters. The molecule has 4 aliphatic rings. The van der Waals surface area contributed by atoms with Crippen LogP contribution in [-0.2, 0) is 10.8 Å². The van der Waals surface area contributed by atoms with Gasteiger partial charge >= 0.3 is 0 Å². The average Bonchev–Trinajstić information content (AvgIpc) is 3.73. The third-order valence-corrected chi connectivity index (χ3v) is 14.4. The van der Waals surface area contributed by atoms with Gasteiger partial charge in [0.15, 0.2) is 5.58 Å². The lowest BCUT2D eigenvalue weighted by Crippen LogP contribution is -2.64. The smallest absolute Gasteiger partial charge is 0.264 e. The summed E-state index contributed by atoms with van der Waals surface area (Å²) in [6, 6.07) is 34.7. The van der Waals surface area contributed by atoms with E-state index in [0.29, 0.717) is 0 Å². The highest BCUT2D eigenvalue weighted by atomic mass is 32.1. The van der Waals surface area contributed by atoms with Crippen LogP contribution in [0.15, 0.2) is 95.4 Å². The summed E-state index contributed by atoms with van der Waals surface area (Å²) in [4.78, 5) is 5.43. The summed E-state index contributed by atoms with van der Waals surface area (Å²) in [7, 11) is 0. The molecule has 5 heteroatoms. The molecular weight excluding hydrogens is 627 g/mol. The highest BCUT2D eigenvalue weighted by Gasteiger charge is 2.61. The highest BCUT2D eigenvalue weighted by Crippen LogP contribution is 2.62. The van der Waals surface area contributed by atoms with Crippen LogP contribution in [0.4, 0.5) is 28.4 Å². The molecule has 50 heavy (non-hydrogen) atoms. The normalized spacial score (nSPS) is 21.9. The molecule has 3 aliphatic heterocycles. The van der Waals surface area contributed by atoms with Gasteiger partial charge in [-0.2, -0.15) is 0 Å². The van der Waals surface area contributed by atoms with Gasteiger partial charge in [0, 0.05) is 48.1 Å². The van der Waals surface area contributed by atoms with E-state index in [1.807, 2.05) is 11.3 Å². The van der Waals surface area contributed by atoms with Crippen LogP contribution in [0.25, 0.3) is 32.0 Å².